The summed E-state index contributed by atoms with van der Waals surface area (Å²) in [4.78, 5) is 26.5. The molecule has 0 aliphatic carbocycles. The zero-order valence-electron chi connectivity index (χ0n) is 14.1. The molecule has 1 heterocycles. The molecule has 0 aliphatic heterocycles. The van der Waals surface area contributed by atoms with E-state index in [0.29, 0.717) is 5.56 Å². The molecule has 0 saturated carbocycles. The molecule has 0 aliphatic rings. The molecule has 0 fully saturated rings. The number of amides is 2. The van der Waals surface area contributed by atoms with Crippen molar-refractivity contribution >= 4 is 28.4 Å². The van der Waals surface area contributed by atoms with Gasteiger partial charge in [0.15, 0.2) is 0 Å². The van der Waals surface area contributed by atoms with Gasteiger partial charge in [-0.15, -0.1) is 0 Å². The number of carbonyl (C=O) groups excluding carboxylic acids is 2. The molecule has 3 rings (SSSR count). The van der Waals surface area contributed by atoms with Gasteiger partial charge >= 0.3 is 0 Å². The Morgan fingerprint density at radius 2 is 1.92 bits per heavy atom. The lowest BCUT2D eigenvalue weighted by atomic mass is 9.93. The van der Waals surface area contributed by atoms with Crippen molar-refractivity contribution in [3.63, 3.8) is 0 Å². The molecule has 0 bridgehead atoms. The maximum absolute atomic E-state index is 11.7. The van der Waals surface area contributed by atoms with Crippen molar-refractivity contribution in [3.05, 3.63) is 65.9 Å². The summed E-state index contributed by atoms with van der Waals surface area (Å²) < 4.78 is 0. The van der Waals surface area contributed by atoms with Gasteiger partial charge in [-0.3, -0.25) is 9.59 Å². The van der Waals surface area contributed by atoms with Gasteiger partial charge in [0.25, 0.3) is 5.91 Å². The van der Waals surface area contributed by atoms with Crippen LogP contribution < -0.4 is 11.1 Å². The van der Waals surface area contributed by atoms with Crippen LogP contribution in [-0.2, 0) is 4.79 Å². The number of aryl methyl sites for hydroxylation is 1. The number of carbonyl (C=O) groups is 2. The van der Waals surface area contributed by atoms with Crippen LogP contribution in [0.1, 0.15) is 21.5 Å². The highest BCUT2D eigenvalue weighted by atomic mass is 16.1. The van der Waals surface area contributed by atoms with Crippen LogP contribution in [0.3, 0.4) is 0 Å². The second-order valence-electron chi connectivity index (χ2n) is 5.92. The highest BCUT2D eigenvalue weighted by Gasteiger charge is 2.16. The Bertz CT molecular complexity index is 1020. The summed E-state index contributed by atoms with van der Waals surface area (Å²) in [5.41, 5.74) is 11.3. The fourth-order valence-electron chi connectivity index (χ4n) is 3.09. The highest BCUT2D eigenvalue weighted by molar-refractivity contribution is 6.10. The van der Waals surface area contributed by atoms with Crippen LogP contribution in [0.15, 0.2) is 49.2 Å². The van der Waals surface area contributed by atoms with E-state index in [1.54, 1.807) is 6.07 Å². The van der Waals surface area contributed by atoms with E-state index in [0.717, 1.165) is 38.8 Å². The topological polar surface area (TPSA) is 88.0 Å². The third kappa shape index (κ3) is 2.80. The molecular weight excluding hydrogens is 314 g/mol. The number of nitrogens with two attached hydrogens (primary N) is 1. The summed E-state index contributed by atoms with van der Waals surface area (Å²) in [7, 11) is 0. The minimum absolute atomic E-state index is 0.257. The lowest BCUT2D eigenvalue weighted by Gasteiger charge is -2.14. The van der Waals surface area contributed by atoms with Crippen molar-refractivity contribution in [3.8, 4) is 11.1 Å². The maximum Gasteiger partial charge on any atom is 0.250 e. The largest absolute Gasteiger partial charge is 0.366 e. The SMILES string of the molecule is C=CC(=O)Nc1cccc(-c2ccc(C(N)=O)c3[nH]cc(C)c23)c1C. The number of aromatic nitrogens is 1. The van der Waals surface area contributed by atoms with Crippen LogP contribution in [0, 0.1) is 13.8 Å². The molecule has 126 valence electrons. The third-order valence-electron chi connectivity index (χ3n) is 4.37. The minimum Gasteiger partial charge on any atom is -0.366 e. The fraction of sp³-hybridized carbons (Fsp3) is 0.100. The van der Waals surface area contributed by atoms with E-state index < -0.39 is 5.91 Å². The first-order valence-electron chi connectivity index (χ1n) is 7.88. The highest BCUT2D eigenvalue weighted by Crippen LogP contribution is 2.36. The van der Waals surface area contributed by atoms with Crippen LogP contribution in [-0.4, -0.2) is 16.8 Å². The van der Waals surface area contributed by atoms with E-state index in [1.807, 2.05) is 44.3 Å². The molecule has 4 N–H and O–H groups in total. The molecule has 2 amide bonds. The Kier molecular flexibility index (Phi) is 4.15. The number of primary amides is 1. The fourth-order valence-corrected chi connectivity index (χ4v) is 3.09. The molecule has 5 nitrogen and oxygen atoms in total. The molecule has 0 spiro atoms. The van der Waals surface area contributed by atoms with Crippen LogP contribution in [0.4, 0.5) is 5.69 Å². The Morgan fingerprint density at radius 3 is 2.60 bits per heavy atom. The lowest BCUT2D eigenvalue weighted by molar-refractivity contribution is -0.111. The van der Waals surface area contributed by atoms with E-state index in [9.17, 15) is 9.59 Å². The summed E-state index contributed by atoms with van der Waals surface area (Å²) in [6.45, 7) is 7.41. The monoisotopic (exact) mass is 333 g/mol. The van der Waals surface area contributed by atoms with Crippen LogP contribution in [0.2, 0.25) is 0 Å². The number of fused-ring (bicyclic) bond motifs is 1. The quantitative estimate of drug-likeness (QED) is 0.636. The van der Waals surface area contributed by atoms with Gasteiger partial charge in [0.05, 0.1) is 11.1 Å². The van der Waals surface area contributed by atoms with E-state index in [-0.39, 0.29) is 5.91 Å². The number of benzene rings is 2. The van der Waals surface area contributed by atoms with Gasteiger partial charge in [-0.25, -0.2) is 0 Å². The van der Waals surface area contributed by atoms with Gasteiger partial charge in [0, 0.05) is 17.3 Å². The molecule has 2 aromatic carbocycles. The third-order valence-corrected chi connectivity index (χ3v) is 4.37. The predicted molar refractivity (Wildman–Crippen MR) is 101 cm³/mol. The average molecular weight is 333 g/mol. The zero-order chi connectivity index (χ0) is 18.1. The number of hydrogen-bond acceptors (Lipinski definition) is 2. The van der Waals surface area contributed by atoms with Crippen LogP contribution in [0.25, 0.3) is 22.0 Å². The molecule has 25 heavy (non-hydrogen) atoms. The number of nitrogens with one attached hydrogen (secondary N) is 2. The molecule has 5 heteroatoms. The average Bonchev–Trinajstić information content (AvgIpc) is 2.98. The minimum atomic E-state index is -0.470. The first-order chi connectivity index (χ1) is 11.9. The standard InChI is InChI=1S/C20H19N3O2/c1-4-17(24)23-16-7-5-6-13(12(16)3)14-8-9-15(20(21)25)19-18(14)11(2)10-22-19/h4-10,22H,1H2,2-3H3,(H2,21,25)(H,23,24). The van der Waals surface area contributed by atoms with Crippen LogP contribution in [0.5, 0.6) is 0 Å². The first-order valence-corrected chi connectivity index (χ1v) is 7.88. The zero-order valence-corrected chi connectivity index (χ0v) is 14.1. The van der Waals surface area contributed by atoms with Gasteiger partial charge < -0.3 is 16.0 Å². The van der Waals surface area contributed by atoms with Crippen molar-refractivity contribution < 1.29 is 9.59 Å². The Hall–Kier alpha value is -3.34. The first kappa shape index (κ1) is 16.5. The predicted octanol–water partition coefficient (Wildman–Crippen LogP) is 3.68. The smallest absolute Gasteiger partial charge is 0.250 e. The second kappa shape index (κ2) is 6.28. The van der Waals surface area contributed by atoms with Gasteiger partial charge in [-0.05, 0) is 54.3 Å². The lowest BCUT2D eigenvalue weighted by Crippen LogP contribution is -2.11. The summed E-state index contributed by atoms with van der Waals surface area (Å²) in [5.74, 6) is -0.727. The van der Waals surface area contributed by atoms with Crippen molar-refractivity contribution in [2.24, 2.45) is 5.73 Å². The summed E-state index contributed by atoms with van der Waals surface area (Å²) in [5, 5.41) is 3.77. The van der Waals surface area contributed by atoms with E-state index in [4.69, 9.17) is 5.73 Å². The van der Waals surface area contributed by atoms with Gasteiger partial charge in [-0.2, -0.15) is 0 Å². The van der Waals surface area contributed by atoms with Crippen molar-refractivity contribution in [1.82, 2.24) is 4.98 Å². The molecule has 0 radical (unpaired) electrons. The van der Waals surface area contributed by atoms with Crippen molar-refractivity contribution in [2.75, 3.05) is 5.32 Å². The molecule has 0 atom stereocenters. The van der Waals surface area contributed by atoms with Gasteiger partial charge in [-0.1, -0.05) is 24.8 Å². The molecule has 1 aromatic heterocycles. The molecule has 0 saturated heterocycles. The van der Waals surface area contributed by atoms with Crippen LogP contribution >= 0.6 is 0 Å². The maximum atomic E-state index is 11.7. The number of hydrogen-bond donors (Lipinski definition) is 3. The summed E-state index contributed by atoms with van der Waals surface area (Å²) in [6.07, 6.45) is 3.10. The number of anilines is 1. The summed E-state index contributed by atoms with van der Waals surface area (Å²) in [6, 6.07) is 9.34. The Balaban J connectivity index is 2.24. The number of rotatable bonds is 4. The van der Waals surface area contributed by atoms with Gasteiger partial charge in [0.1, 0.15) is 0 Å². The molecular formula is C20H19N3O2. The Labute approximate surface area is 145 Å². The van der Waals surface area contributed by atoms with E-state index in [1.165, 1.54) is 6.08 Å². The van der Waals surface area contributed by atoms with Crippen molar-refractivity contribution in [1.29, 1.82) is 0 Å². The number of aromatic amines is 1. The molecule has 0 unspecified atom stereocenters. The molecule has 3 aromatic rings. The van der Waals surface area contributed by atoms with E-state index >= 15 is 0 Å². The Morgan fingerprint density at radius 1 is 1.16 bits per heavy atom. The summed E-state index contributed by atoms with van der Waals surface area (Å²) >= 11 is 0. The van der Waals surface area contributed by atoms with Crippen molar-refractivity contribution in [2.45, 2.75) is 13.8 Å². The van der Waals surface area contributed by atoms with Gasteiger partial charge in [0.2, 0.25) is 5.91 Å². The normalized spacial score (nSPS) is 10.6. The van der Waals surface area contributed by atoms with E-state index in [2.05, 4.69) is 16.9 Å². The number of H-pyrrole nitrogens is 1. The second-order valence-corrected chi connectivity index (χ2v) is 5.92.